The van der Waals surface area contributed by atoms with Crippen LogP contribution in [0, 0.1) is 11.8 Å². The highest BCUT2D eigenvalue weighted by Gasteiger charge is 2.33. The van der Waals surface area contributed by atoms with Gasteiger partial charge in [0.2, 0.25) is 0 Å². The Bertz CT molecular complexity index is 190. The van der Waals surface area contributed by atoms with Crippen LogP contribution < -0.4 is 5.32 Å². The zero-order valence-electron chi connectivity index (χ0n) is 9.12. The zero-order valence-corrected chi connectivity index (χ0v) is 9.12. The molecule has 1 rings (SSSR count). The minimum Gasteiger partial charge on any atom is -0.480 e. The fourth-order valence-corrected chi connectivity index (χ4v) is 2.35. The third kappa shape index (κ3) is 2.71. The van der Waals surface area contributed by atoms with E-state index >= 15 is 0 Å². The number of hydrogen-bond acceptors (Lipinski definition) is 2. The Morgan fingerprint density at radius 2 is 2.14 bits per heavy atom. The molecule has 0 aromatic heterocycles. The second kappa shape index (κ2) is 5.35. The third-order valence-electron chi connectivity index (χ3n) is 3.41. The molecule has 0 radical (unpaired) electrons. The van der Waals surface area contributed by atoms with Gasteiger partial charge in [-0.15, -0.1) is 0 Å². The van der Waals surface area contributed by atoms with Gasteiger partial charge in [0.1, 0.15) is 6.04 Å². The van der Waals surface area contributed by atoms with Gasteiger partial charge in [-0.25, -0.2) is 0 Å². The lowest BCUT2D eigenvalue weighted by atomic mass is 9.86. The van der Waals surface area contributed by atoms with Gasteiger partial charge in [-0.05, 0) is 31.2 Å². The average Bonchev–Trinajstić information content (AvgIpc) is 2.62. The highest BCUT2D eigenvalue weighted by Crippen LogP contribution is 2.27. The van der Waals surface area contributed by atoms with Crippen molar-refractivity contribution in [2.24, 2.45) is 11.8 Å². The van der Waals surface area contributed by atoms with E-state index in [0.29, 0.717) is 11.8 Å². The molecule has 3 nitrogen and oxygen atoms in total. The molecular weight excluding hydrogens is 178 g/mol. The van der Waals surface area contributed by atoms with Gasteiger partial charge in [-0.1, -0.05) is 26.7 Å². The number of nitrogens with one attached hydrogen (secondary N) is 1. The smallest absolute Gasteiger partial charge is 0.320 e. The molecule has 2 N–H and O–H groups in total. The molecule has 3 heteroatoms. The minimum atomic E-state index is -0.682. The normalized spacial score (nSPS) is 27.1. The molecule has 1 fully saturated rings. The SMILES string of the molecule is CCC(CC)C[C@@H]1CCNC1C(=O)O. The maximum Gasteiger partial charge on any atom is 0.320 e. The average molecular weight is 199 g/mol. The summed E-state index contributed by atoms with van der Waals surface area (Å²) in [6.07, 6.45) is 4.42. The Morgan fingerprint density at radius 3 is 2.64 bits per heavy atom. The largest absolute Gasteiger partial charge is 0.480 e. The lowest BCUT2D eigenvalue weighted by molar-refractivity contribution is -0.140. The van der Waals surface area contributed by atoms with E-state index in [4.69, 9.17) is 5.11 Å². The van der Waals surface area contributed by atoms with Crippen molar-refractivity contribution in [3.05, 3.63) is 0 Å². The molecule has 0 spiro atoms. The van der Waals surface area contributed by atoms with Crippen molar-refractivity contribution in [1.29, 1.82) is 0 Å². The van der Waals surface area contributed by atoms with Gasteiger partial charge in [0, 0.05) is 0 Å². The summed E-state index contributed by atoms with van der Waals surface area (Å²) in [5.74, 6) is 0.359. The second-order valence-electron chi connectivity index (χ2n) is 4.24. The van der Waals surface area contributed by atoms with Gasteiger partial charge in [-0.2, -0.15) is 0 Å². The van der Waals surface area contributed by atoms with Crippen molar-refractivity contribution in [3.8, 4) is 0 Å². The predicted octanol–water partition coefficient (Wildman–Crippen LogP) is 1.88. The monoisotopic (exact) mass is 199 g/mol. The Kier molecular flexibility index (Phi) is 4.39. The predicted molar refractivity (Wildman–Crippen MR) is 56.2 cm³/mol. The quantitative estimate of drug-likeness (QED) is 0.710. The molecular formula is C11H21NO2. The Labute approximate surface area is 85.9 Å². The molecule has 0 aromatic carbocycles. The number of aliphatic carboxylic acids is 1. The second-order valence-corrected chi connectivity index (χ2v) is 4.24. The molecule has 2 atom stereocenters. The van der Waals surface area contributed by atoms with Crippen LogP contribution in [0.25, 0.3) is 0 Å². The van der Waals surface area contributed by atoms with Crippen LogP contribution in [-0.4, -0.2) is 23.7 Å². The van der Waals surface area contributed by atoms with Gasteiger partial charge in [0.15, 0.2) is 0 Å². The highest BCUT2D eigenvalue weighted by atomic mass is 16.4. The van der Waals surface area contributed by atoms with E-state index in [1.165, 1.54) is 12.8 Å². The molecule has 1 heterocycles. The van der Waals surface area contributed by atoms with E-state index < -0.39 is 5.97 Å². The fraction of sp³-hybridized carbons (Fsp3) is 0.909. The van der Waals surface area contributed by atoms with Crippen molar-refractivity contribution in [1.82, 2.24) is 5.32 Å². The van der Waals surface area contributed by atoms with Crippen LogP contribution in [0.15, 0.2) is 0 Å². The molecule has 82 valence electrons. The van der Waals surface area contributed by atoms with Crippen LogP contribution in [0.3, 0.4) is 0 Å². The molecule has 1 saturated heterocycles. The van der Waals surface area contributed by atoms with Crippen molar-refractivity contribution in [3.63, 3.8) is 0 Å². The molecule has 0 amide bonds. The van der Waals surface area contributed by atoms with Gasteiger partial charge < -0.3 is 10.4 Å². The van der Waals surface area contributed by atoms with E-state index in [-0.39, 0.29) is 6.04 Å². The van der Waals surface area contributed by atoms with Gasteiger partial charge >= 0.3 is 5.97 Å². The van der Waals surface area contributed by atoms with Crippen LogP contribution in [0.5, 0.6) is 0 Å². The highest BCUT2D eigenvalue weighted by molar-refractivity contribution is 5.74. The first kappa shape index (κ1) is 11.5. The van der Waals surface area contributed by atoms with E-state index in [1.807, 2.05) is 0 Å². The number of rotatable bonds is 5. The summed E-state index contributed by atoms with van der Waals surface area (Å²) >= 11 is 0. The number of carboxylic acid groups (broad SMARTS) is 1. The lowest BCUT2D eigenvalue weighted by Gasteiger charge is -2.20. The lowest BCUT2D eigenvalue weighted by Crippen LogP contribution is -2.36. The van der Waals surface area contributed by atoms with Crippen LogP contribution in [0.1, 0.15) is 39.5 Å². The van der Waals surface area contributed by atoms with E-state index in [2.05, 4.69) is 19.2 Å². The molecule has 0 saturated carbocycles. The van der Waals surface area contributed by atoms with Crippen molar-refractivity contribution in [2.45, 2.75) is 45.6 Å². The van der Waals surface area contributed by atoms with E-state index in [1.54, 1.807) is 0 Å². The van der Waals surface area contributed by atoms with Crippen LogP contribution >= 0.6 is 0 Å². The van der Waals surface area contributed by atoms with Crippen LogP contribution in [-0.2, 0) is 4.79 Å². The Balaban J connectivity index is 2.46. The summed E-state index contributed by atoms with van der Waals surface area (Å²) in [4.78, 5) is 10.9. The summed E-state index contributed by atoms with van der Waals surface area (Å²) in [6.45, 7) is 5.24. The zero-order chi connectivity index (χ0) is 10.6. The molecule has 0 bridgehead atoms. The maximum absolute atomic E-state index is 10.9. The first-order valence-electron chi connectivity index (χ1n) is 5.65. The first-order chi connectivity index (χ1) is 6.69. The number of hydrogen-bond donors (Lipinski definition) is 2. The topological polar surface area (TPSA) is 49.3 Å². The van der Waals surface area contributed by atoms with Gasteiger partial charge in [0.05, 0.1) is 0 Å². The Morgan fingerprint density at radius 1 is 1.50 bits per heavy atom. The maximum atomic E-state index is 10.9. The third-order valence-corrected chi connectivity index (χ3v) is 3.41. The summed E-state index contributed by atoms with van der Waals surface area (Å²) in [5, 5.41) is 12.0. The number of carboxylic acids is 1. The van der Waals surface area contributed by atoms with Crippen molar-refractivity contribution >= 4 is 5.97 Å². The van der Waals surface area contributed by atoms with E-state index in [9.17, 15) is 4.79 Å². The first-order valence-corrected chi connectivity index (χ1v) is 5.65. The summed E-state index contributed by atoms with van der Waals surface area (Å²) in [5.41, 5.74) is 0. The van der Waals surface area contributed by atoms with Crippen LogP contribution in [0.4, 0.5) is 0 Å². The molecule has 14 heavy (non-hydrogen) atoms. The summed E-state index contributed by atoms with van der Waals surface area (Å²) in [6, 6.07) is -0.296. The fourth-order valence-electron chi connectivity index (χ4n) is 2.35. The number of carbonyl (C=O) groups is 1. The summed E-state index contributed by atoms with van der Waals surface area (Å²) in [7, 11) is 0. The Hall–Kier alpha value is -0.570. The summed E-state index contributed by atoms with van der Waals surface area (Å²) < 4.78 is 0. The molecule has 1 unspecified atom stereocenters. The van der Waals surface area contributed by atoms with Crippen molar-refractivity contribution in [2.75, 3.05) is 6.54 Å². The molecule has 0 aliphatic carbocycles. The van der Waals surface area contributed by atoms with E-state index in [0.717, 1.165) is 19.4 Å². The van der Waals surface area contributed by atoms with Gasteiger partial charge in [-0.3, -0.25) is 4.79 Å². The van der Waals surface area contributed by atoms with Crippen LogP contribution in [0.2, 0.25) is 0 Å². The standard InChI is InChI=1S/C11H21NO2/c1-3-8(4-2)7-9-5-6-12-10(9)11(13)14/h8-10,12H,3-7H2,1-2H3,(H,13,14)/t9-,10?/m0/s1. The molecule has 1 aliphatic rings. The van der Waals surface area contributed by atoms with Crippen molar-refractivity contribution < 1.29 is 9.90 Å². The minimum absolute atomic E-state index is 0.296. The molecule has 1 aliphatic heterocycles. The van der Waals surface area contributed by atoms with Gasteiger partial charge in [0.25, 0.3) is 0 Å². The molecule has 0 aromatic rings.